The summed E-state index contributed by atoms with van der Waals surface area (Å²) in [5.74, 6) is 0. The number of benzene rings is 6. The van der Waals surface area contributed by atoms with E-state index in [9.17, 15) is 0 Å². The van der Waals surface area contributed by atoms with E-state index in [0.29, 0.717) is 0 Å². The Morgan fingerprint density at radius 1 is 0.297 bits per heavy atom. The lowest BCUT2D eigenvalue weighted by molar-refractivity contribution is 1.59. The second-order valence-electron chi connectivity index (χ2n) is 9.70. The van der Waals surface area contributed by atoms with Crippen LogP contribution in [0.1, 0.15) is 0 Å². The van der Waals surface area contributed by atoms with Crippen LogP contribution in [0.4, 0.5) is 0 Å². The fourth-order valence-electron chi connectivity index (χ4n) is 6.22. The highest BCUT2D eigenvalue weighted by Gasteiger charge is 2.48. The van der Waals surface area contributed by atoms with Crippen LogP contribution in [0.5, 0.6) is 0 Å². The zero-order valence-corrected chi connectivity index (χ0v) is 21.5. The molecule has 0 atom stereocenters. The summed E-state index contributed by atoms with van der Waals surface area (Å²) in [4.78, 5) is 0. The molecule has 0 radical (unpaired) electrons. The Hall–Kier alpha value is -4.46. The van der Waals surface area contributed by atoms with E-state index in [-0.39, 0.29) is 0 Å². The van der Waals surface area contributed by atoms with Gasteiger partial charge in [-0.25, -0.2) is 0 Å². The molecule has 7 rings (SSSR count). The summed E-state index contributed by atoms with van der Waals surface area (Å²) in [6, 6.07) is 58.2. The topological polar surface area (TPSA) is 0 Å². The minimum absolute atomic E-state index is 1.25. The zero-order valence-electron chi connectivity index (χ0n) is 20.5. The molecule has 0 unspecified atom stereocenters. The van der Waals surface area contributed by atoms with E-state index in [1.165, 1.54) is 54.1 Å². The van der Waals surface area contributed by atoms with E-state index >= 15 is 0 Å². The summed E-state index contributed by atoms with van der Waals surface area (Å²) in [6.45, 7) is 0. The van der Waals surface area contributed by atoms with E-state index < -0.39 is 8.07 Å². The average Bonchev–Trinajstić information content (AvgIpc) is 3.29. The molecule has 0 saturated heterocycles. The van der Waals surface area contributed by atoms with Gasteiger partial charge in [0.25, 0.3) is 0 Å². The smallest absolute Gasteiger partial charge is 0.0623 e. The molecule has 0 nitrogen and oxygen atoms in total. The van der Waals surface area contributed by atoms with Crippen molar-refractivity contribution in [3.8, 4) is 33.4 Å². The van der Waals surface area contributed by atoms with Gasteiger partial charge in [0.2, 0.25) is 0 Å². The van der Waals surface area contributed by atoms with Crippen molar-refractivity contribution in [2.75, 3.05) is 0 Å². The molecule has 0 aromatic heterocycles. The van der Waals surface area contributed by atoms with Crippen LogP contribution in [0, 0.1) is 0 Å². The summed E-state index contributed by atoms with van der Waals surface area (Å²) in [6.07, 6.45) is 0. The first-order chi connectivity index (χ1) is 18.4. The summed E-state index contributed by atoms with van der Waals surface area (Å²) >= 11 is 0. The molecular formula is C36H26Si. The van der Waals surface area contributed by atoms with Crippen molar-refractivity contribution in [1.82, 2.24) is 0 Å². The van der Waals surface area contributed by atoms with Crippen molar-refractivity contribution in [2.24, 2.45) is 0 Å². The second kappa shape index (κ2) is 8.88. The standard InChI is InChI=1S/C36H26Si/c1-4-14-27(15-5-1)31-20-10-11-21-32(31)28-24-25-34-33-22-12-13-23-35(33)37(36(34)26-28,29-16-6-2-7-17-29)30-18-8-3-9-19-30/h1-26H. The van der Waals surface area contributed by atoms with E-state index in [2.05, 4.69) is 158 Å². The first-order valence-corrected chi connectivity index (χ1v) is 14.9. The Balaban J connectivity index is 1.55. The van der Waals surface area contributed by atoms with Crippen LogP contribution in [0.2, 0.25) is 0 Å². The quantitative estimate of drug-likeness (QED) is 0.253. The predicted octanol–water partition coefficient (Wildman–Crippen LogP) is 6.38. The lowest BCUT2D eigenvalue weighted by Gasteiger charge is -2.31. The van der Waals surface area contributed by atoms with Crippen molar-refractivity contribution < 1.29 is 0 Å². The third-order valence-corrected chi connectivity index (χ3v) is 12.6. The fourth-order valence-corrected chi connectivity index (χ4v) is 11.4. The molecule has 0 amide bonds. The van der Waals surface area contributed by atoms with E-state index in [1.807, 2.05) is 0 Å². The molecule has 0 fully saturated rings. The number of hydrogen-bond acceptors (Lipinski definition) is 0. The van der Waals surface area contributed by atoms with Gasteiger partial charge in [-0.05, 0) is 54.1 Å². The van der Waals surface area contributed by atoms with Crippen LogP contribution in [0.15, 0.2) is 158 Å². The van der Waals surface area contributed by atoms with Crippen molar-refractivity contribution in [3.63, 3.8) is 0 Å². The molecule has 37 heavy (non-hydrogen) atoms. The lowest BCUT2D eigenvalue weighted by atomic mass is 9.93. The maximum Gasteiger partial charge on any atom is 0.180 e. The molecule has 6 aromatic rings. The normalized spacial score (nSPS) is 13.1. The van der Waals surface area contributed by atoms with Crippen LogP contribution >= 0.6 is 0 Å². The van der Waals surface area contributed by atoms with E-state index in [0.717, 1.165) is 0 Å². The molecule has 0 spiro atoms. The Labute approximate surface area is 219 Å². The minimum Gasteiger partial charge on any atom is -0.0623 e. The van der Waals surface area contributed by atoms with Gasteiger partial charge in [-0.3, -0.25) is 0 Å². The Morgan fingerprint density at radius 3 is 1.38 bits per heavy atom. The maximum atomic E-state index is 2.50. The van der Waals surface area contributed by atoms with Gasteiger partial charge in [0.05, 0.1) is 0 Å². The van der Waals surface area contributed by atoms with Crippen molar-refractivity contribution in [2.45, 2.75) is 0 Å². The Morgan fingerprint density at radius 2 is 0.757 bits per heavy atom. The van der Waals surface area contributed by atoms with E-state index in [4.69, 9.17) is 0 Å². The molecule has 1 aliphatic rings. The highest BCUT2D eigenvalue weighted by atomic mass is 28.3. The van der Waals surface area contributed by atoms with Crippen LogP contribution in [0.3, 0.4) is 0 Å². The van der Waals surface area contributed by atoms with Crippen LogP contribution in [-0.2, 0) is 0 Å². The largest absolute Gasteiger partial charge is 0.180 e. The molecule has 0 bridgehead atoms. The van der Waals surface area contributed by atoms with Gasteiger partial charge < -0.3 is 0 Å². The summed E-state index contributed by atoms with van der Waals surface area (Å²) in [5, 5.41) is 5.82. The maximum absolute atomic E-state index is 2.50. The zero-order chi connectivity index (χ0) is 24.7. The fraction of sp³-hybridized carbons (Fsp3) is 0. The van der Waals surface area contributed by atoms with Gasteiger partial charge in [0.1, 0.15) is 0 Å². The summed E-state index contributed by atoms with van der Waals surface area (Å²) in [5.41, 5.74) is 7.81. The van der Waals surface area contributed by atoms with Gasteiger partial charge >= 0.3 is 0 Å². The molecule has 1 heterocycles. The summed E-state index contributed by atoms with van der Waals surface area (Å²) in [7, 11) is -2.49. The SMILES string of the molecule is c1ccc(-c2ccccc2-c2ccc3c(c2)[Si](c2ccccc2)(c2ccccc2)c2ccccc2-3)cc1. The number of rotatable bonds is 4. The van der Waals surface area contributed by atoms with Gasteiger partial charge in [-0.2, -0.15) is 0 Å². The second-order valence-corrected chi connectivity index (χ2v) is 13.4. The Kier molecular flexibility index (Phi) is 5.23. The molecule has 174 valence electrons. The van der Waals surface area contributed by atoms with Crippen molar-refractivity contribution in [1.29, 1.82) is 0 Å². The first-order valence-electron chi connectivity index (χ1n) is 12.9. The Bertz CT molecular complexity index is 1660. The summed E-state index contributed by atoms with van der Waals surface area (Å²) < 4.78 is 0. The molecule has 1 aliphatic heterocycles. The number of fused-ring (bicyclic) bond motifs is 3. The first kappa shape index (κ1) is 21.8. The average molecular weight is 487 g/mol. The van der Waals surface area contributed by atoms with Gasteiger partial charge in [-0.1, -0.05) is 158 Å². The van der Waals surface area contributed by atoms with Gasteiger partial charge in [0.15, 0.2) is 8.07 Å². The molecule has 1 heteroatoms. The molecular weight excluding hydrogens is 460 g/mol. The van der Waals surface area contributed by atoms with Crippen LogP contribution in [0.25, 0.3) is 33.4 Å². The van der Waals surface area contributed by atoms with Gasteiger partial charge in [0, 0.05) is 0 Å². The van der Waals surface area contributed by atoms with E-state index in [1.54, 1.807) is 0 Å². The molecule has 0 aliphatic carbocycles. The molecule has 0 saturated carbocycles. The van der Waals surface area contributed by atoms with Crippen molar-refractivity contribution in [3.05, 3.63) is 158 Å². The van der Waals surface area contributed by atoms with Crippen LogP contribution in [-0.4, -0.2) is 8.07 Å². The molecule has 6 aromatic carbocycles. The van der Waals surface area contributed by atoms with Gasteiger partial charge in [-0.15, -0.1) is 0 Å². The number of hydrogen-bond donors (Lipinski definition) is 0. The minimum atomic E-state index is -2.49. The third kappa shape index (κ3) is 3.36. The predicted molar refractivity (Wildman–Crippen MR) is 160 cm³/mol. The van der Waals surface area contributed by atoms with Crippen molar-refractivity contribution >= 4 is 28.8 Å². The third-order valence-electron chi connectivity index (χ3n) is 7.78. The molecule has 0 N–H and O–H groups in total. The van der Waals surface area contributed by atoms with Crippen LogP contribution < -0.4 is 20.7 Å². The lowest BCUT2D eigenvalue weighted by Crippen LogP contribution is -2.72. The highest BCUT2D eigenvalue weighted by molar-refractivity contribution is 7.22. The monoisotopic (exact) mass is 486 g/mol. The highest BCUT2D eigenvalue weighted by Crippen LogP contribution is 2.35.